The van der Waals surface area contributed by atoms with Gasteiger partial charge in [-0.25, -0.2) is 14.6 Å². The number of amides is 4. The van der Waals surface area contributed by atoms with Crippen molar-refractivity contribution in [2.24, 2.45) is 0 Å². The number of anilines is 1. The zero-order valence-corrected chi connectivity index (χ0v) is 26.2. The van der Waals surface area contributed by atoms with Gasteiger partial charge in [-0.1, -0.05) is 36.4 Å². The monoisotopic (exact) mass is 648 g/mol. The zero-order valence-electron chi connectivity index (χ0n) is 26.2. The highest BCUT2D eigenvalue weighted by Gasteiger charge is 2.25. The number of rotatable bonds is 4. The second kappa shape index (κ2) is 15.0. The second-order valence-electron chi connectivity index (χ2n) is 11.4. The zero-order chi connectivity index (χ0) is 33.3. The lowest BCUT2D eigenvalue weighted by Gasteiger charge is -2.24. The lowest BCUT2D eigenvalue weighted by Crippen LogP contribution is -2.48. The van der Waals surface area contributed by atoms with E-state index in [1.807, 2.05) is 30.5 Å². The van der Waals surface area contributed by atoms with E-state index in [0.717, 1.165) is 16.5 Å². The third-order valence-corrected chi connectivity index (χ3v) is 8.03. The van der Waals surface area contributed by atoms with Crippen LogP contribution in [0.2, 0.25) is 0 Å². The van der Waals surface area contributed by atoms with E-state index in [9.17, 15) is 19.2 Å². The summed E-state index contributed by atoms with van der Waals surface area (Å²) in [6.45, 7) is 1.02. The van der Waals surface area contributed by atoms with Gasteiger partial charge in [0.15, 0.2) is 0 Å². The van der Waals surface area contributed by atoms with E-state index in [2.05, 4.69) is 41.3 Å². The summed E-state index contributed by atoms with van der Waals surface area (Å²) in [5, 5.41) is 16.9. The number of fused-ring (bicyclic) bond motifs is 3. The van der Waals surface area contributed by atoms with Gasteiger partial charge in [0, 0.05) is 49.7 Å². The quantitative estimate of drug-likeness (QED) is 0.197. The lowest BCUT2D eigenvalue weighted by atomic mass is 10.0. The Hall–Kier alpha value is -6.05. The third kappa shape index (κ3) is 7.66. The maximum atomic E-state index is 13.8. The number of nitrogens with one attached hydrogen (secondary N) is 5. The van der Waals surface area contributed by atoms with E-state index in [1.54, 1.807) is 42.5 Å². The number of benzene rings is 2. The largest absolute Gasteiger partial charge is 0.368 e. The molecule has 0 saturated heterocycles. The molecule has 246 valence electrons. The van der Waals surface area contributed by atoms with Gasteiger partial charge < -0.3 is 31.2 Å². The maximum absolute atomic E-state index is 13.8. The summed E-state index contributed by atoms with van der Waals surface area (Å²) < 4.78 is 1.51. The maximum Gasteiger partial charge on any atom is 0.270 e. The van der Waals surface area contributed by atoms with Gasteiger partial charge in [0.25, 0.3) is 11.8 Å². The van der Waals surface area contributed by atoms with Crippen molar-refractivity contribution in [3.05, 3.63) is 102 Å². The summed E-state index contributed by atoms with van der Waals surface area (Å²) in [6.07, 6.45) is 6.06. The molecule has 0 spiro atoms. The van der Waals surface area contributed by atoms with Crippen molar-refractivity contribution >= 4 is 40.3 Å². The Balaban J connectivity index is 1.21. The Labute approximate surface area is 276 Å². The van der Waals surface area contributed by atoms with E-state index >= 15 is 0 Å². The summed E-state index contributed by atoms with van der Waals surface area (Å²) in [6, 6.07) is 18.9. The van der Waals surface area contributed by atoms with Crippen molar-refractivity contribution in [3.63, 3.8) is 0 Å². The molecule has 5 aromatic rings. The van der Waals surface area contributed by atoms with Crippen LogP contribution < -0.4 is 21.3 Å². The van der Waals surface area contributed by atoms with Crippen molar-refractivity contribution in [2.75, 3.05) is 38.0 Å². The van der Waals surface area contributed by atoms with Crippen molar-refractivity contribution in [2.45, 2.75) is 25.3 Å². The molecule has 0 unspecified atom stereocenters. The van der Waals surface area contributed by atoms with Crippen LogP contribution in [0.5, 0.6) is 0 Å². The smallest absolute Gasteiger partial charge is 0.270 e. The molecule has 2 aromatic carbocycles. The summed E-state index contributed by atoms with van der Waals surface area (Å²) in [5.74, 6) is -1.03. The third-order valence-electron chi connectivity index (χ3n) is 8.03. The molecule has 4 heterocycles. The van der Waals surface area contributed by atoms with E-state index < -0.39 is 11.9 Å². The van der Waals surface area contributed by atoms with Crippen molar-refractivity contribution in [3.8, 4) is 5.69 Å². The molecule has 6 rings (SSSR count). The van der Waals surface area contributed by atoms with Crippen LogP contribution in [-0.4, -0.2) is 92.0 Å². The molecule has 0 aliphatic carbocycles. The van der Waals surface area contributed by atoms with Crippen LogP contribution in [-0.2, 0) is 16.0 Å². The van der Waals surface area contributed by atoms with Gasteiger partial charge in [0.1, 0.15) is 30.2 Å². The number of hydrogen-bond donors (Lipinski definition) is 5. The number of pyridine rings is 1. The first-order valence-electron chi connectivity index (χ1n) is 15.8. The number of carbonyl (C=O) groups is 4. The normalized spacial score (nSPS) is 16.9. The minimum Gasteiger partial charge on any atom is -0.368 e. The minimum absolute atomic E-state index is 0.152. The van der Waals surface area contributed by atoms with Gasteiger partial charge in [-0.15, -0.1) is 0 Å². The molecular weight excluding hydrogens is 612 g/mol. The molecule has 5 N–H and O–H groups in total. The summed E-state index contributed by atoms with van der Waals surface area (Å²) >= 11 is 0. The van der Waals surface area contributed by atoms with Crippen LogP contribution in [0.4, 0.5) is 5.82 Å². The average molecular weight is 649 g/mol. The Kier molecular flexibility index (Phi) is 9.99. The van der Waals surface area contributed by atoms with E-state index in [-0.39, 0.29) is 49.5 Å². The fourth-order valence-corrected chi connectivity index (χ4v) is 5.62. The SMILES string of the molecule is O=C1CN(C(=O)c2ccccc2-n2cncn2)CCCCNC(=O)[C@H](Cc2c[nH]c3ccccc23)NC(=O)c2cccc(n2)NCCN1. The van der Waals surface area contributed by atoms with Gasteiger partial charge in [-0.3, -0.25) is 19.2 Å². The van der Waals surface area contributed by atoms with Gasteiger partial charge in [-0.2, -0.15) is 5.10 Å². The minimum atomic E-state index is -0.870. The number of para-hydroxylation sites is 2. The molecule has 1 aliphatic heterocycles. The molecule has 0 radical (unpaired) electrons. The van der Waals surface area contributed by atoms with Crippen molar-refractivity contribution < 1.29 is 19.2 Å². The molecule has 1 aliphatic rings. The summed E-state index contributed by atoms with van der Waals surface area (Å²) in [4.78, 5) is 66.9. The number of carbonyl (C=O) groups excluding carboxylic acids is 4. The van der Waals surface area contributed by atoms with Gasteiger partial charge in [-0.05, 0) is 48.7 Å². The molecule has 0 saturated carbocycles. The summed E-state index contributed by atoms with van der Waals surface area (Å²) in [7, 11) is 0. The highest BCUT2D eigenvalue weighted by atomic mass is 16.2. The number of aromatic nitrogens is 5. The highest BCUT2D eigenvalue weighted by molar-refractivity contribution is 5.99. The van der Waals surface area contributed by atoms with Gasteiger partial charge >= 0.3 is 0 Å². The second-order valence-corrected chi connectivity index (χ2v) is 11.4. The number of aromatic amines is 1. The Morgan fingerprint density at radius 3 is 2.58 bits per heavy atom. The van der Waals surface area contributed by atoms with Crippen LogP contribution in [0.1, 0.15) is 39.3 Å². The average Bonchev–Trinajstić information content (AvgIpc) is 3.79. The van der Waals surface area contributed by atoms with Crippen molar-refractivity contribution in [1.29, 1.82) is 0 Å². The van der Waals surface area contributed by atoms with Crippen LogP contribution >= 0.6 is 0 Å². The van der Waals surface area contributed by atoms with E-state index in [4.69, 9.17) is 0 Å². The predicted molar refractivity (Wildman–Crippen MR) is 178 cm³/mol. The Morgan fingerprint density at radius 1 is 0.875 bits per heavy atom. The predicted octanol–water partition coefficient (Wildman–Crippen LogP) is 2.07. The molecule has 1 atom stereocenters. The number of H-pyrrole nitrogens is 1. The number of hydrogen-bond acceptors (Lipinski definition) is 8. The molecule has 0 fully saturated rings. The molecule has 4 amide bonds. The Morgan fingerprint density at radius 2 is 1.71 bits per heavy atom. The fourth-order valence-electron chi connectivity index (χ4n) is 5.62. The van der Waals surface area contributed by atoms with Crippen LogP contribution in [0.25, 0.3) is 16.6 Å². The van der Waals surface area contributed by atoms with Crippen LogP contribution in [0.15, 0.2) is 85.6 Å². The molecule has 14 nitrogen and oxygen atoms in total. The highest BCUT2D eigenvalue weighted by Crippen LogP contribution is 2.20. The van der Waals surface area contributed by atoms with E-state index in [0.29, 0.717) is 43.0 Å². The van der Waals surface area contributed by atoms with Crippen molar-refractivity contribution in [1.82, 2.24) is 45.6 Å². The first-order valence-corrected chi connectivity index (χ1v) is 15.8. The molecule has 2 bridgehead atoms. The van der Waals surface area contributed by atoms with Crippen LogP contribution in [0, 0.1) is 0 Å². The molecule has 3 aromatic heterocycles. The first-order chi connectivity index (χ1) is 23.5. The van der Waals surface area contributed by atoms with Crippen LogP contribution in [0.3, 0.4) is 0 Å². The molecule has 14 heteroatoms. The molecule has 48 heavy (non-hydrogen) atoms. The number of nitrogens with zero attached hydrogens (tertiary/aromatic N) is 5. The summed E-state index contributed by atoms with van der Waals surface area (Å²) in [5.41, 5.74) is 2.91. The fraction of sp³-hybridized carbons (Fsp3) is 0.265. The molecular formula is C34H36N10O4. The first kappa shape index (κ1) is 31.9. The standard InChI is InChI=1S/C34H36N10O4/c45-31-20-43(34(48)25-9-2-4-12-29(25)44-22-35-21-40-44)17-6-5-14-38-32(46)28(18-23-19-39-26-10-3-1-8-24(23)26)42-33(47)27-11-7-13-30(41-27)36-15-16-37-31/h1-4,7-13,19,21-22,28,39H,5-6,14-18,20H2,(H,36,41)(H,37,45)(H,38,46)(H,42,47)/t28-/m0/s1. The van der Waals surface area contributed by atoms with E-state index in [1.165, 1.54) is 22.2 Å². The lowest BCUT2D eigenvalue weighted by molar-refractivity contribution is -0.123. The van der Waals surface area contributed by atoms with Gasteiger partial charge in [0.2, 0.25) is 11.8 Å². The topological polar surface area (TPSA) is 179 Å². The Bertz CT molecular complexity index is 1900. The van der Waals surface area contributed by atoms with Gasteiger partial charge in [0.05, 0.1) is 17.8 Å².